The summed E-state index contributed by atoms with van der Waals surface area (Å²) < 4.78 is 83.2. The summed E-state index contributed by atoms with van der Waals surface area (Å²) in [6.07, 6.45) is -8.47. The molecule has 4 rings (SSSR count). The predicted octanol–water partition coefficient (Wildman–Crippen LogP) is 5.73. The summed E-state index contributed by atoms with van der Waals surface area (Å²) in [5.74, 6) is -1.38. The van der Waals surface area contributed by atoms with Gasteiger partial charge in [0.25, 0.3) is 5.91 Å². The minimum absolute atomic E-state index is 0.0318. The van der Waals surface area contributed by atoms with E-state index in [-0.39, 0.29) is 6.07 Å². The molecule has 166 valence electrons. The number of nitrogens with zero attached hydrogens (tertiary/aromatic N) is 1. The van der Waals surface area contributed by atoms with E-state index in [0.717, 1.165) is 10.9 Å². The van der Waals surface area contributed by atoms with Crippen molar-refractivity contribution in [1.29, 1.82) is 0 Å². The first kappa shape index (κ1) is 21.5. The minimum Gasteiger partial charge on any atom is -0.404 e. The van der Waals surface area contributed by atoms with Gasteiger partial charge in [0, 0.05) is 22.7 Å². The molecule has 1 fully saturated rings. The number of ether oxygens (including phenoxy) is 1. The van der Waals surface area contributed by atoms with E-state index in [1.54, 1.807) is 30.5 Å². The summed E-state index contributed by atoms with van der Waals surface area (Å²) in [5, 5.41) is 0.718. The van der Waals surface area contributed by atoms with Gasteiger partial charge in [0.1, 0.15) is 0 Å². The Morgan fingerprint density at radius 1 is 0.938 bits per heavy atom. The Kier molecular flexibility index (Phi) is 4.99. The molecule has 2 aromatic carbocycles. The molecule has 0 aliphatic carbocycles. The first-order valence-electron chi connectivity index (χ1n) is 9.03. The number of amides is 2. The quantitative estimate of drug-likeness (QED) is 0.407. The van der Waals surface area contributed by atoms with Crippen LogP contribution >= 0.6 is 0 Å². The van der Waals surface area contributed by atoms with Crippen LogP contribution in [0.3, 0.4) is 0 Å². The van der Waals surface area contributed by atoms with Gasteiger partial charge in [-0.15, -0.1) is 0 Å². The molecule has 1 aliphatic rings. The highest BCUT2D eigenvalue weighted by molar-refractivity contribution is 6.10. The maximum atomic E-state index is 13.1. The number of benzene rings is 2. The van der Waals surface area contributed by atoms with Crippen molar-refractivity contribution in [1.82, 2.24) is 9.88 Å². The topological polar surface area (TPSA) is 62.4 Å². The first-order valence-corrected chi connectivity index (χ1v) is 9.03. The molecule has 2 amide bonds. The van der Waals surface area contributed by atoms with Crippen molar-refractivity contribution in [2.45, 2.75) is 18.9 Å². The number of hydrogen-bond donors (Lipinski definition) is 1. The van der Waals surface area contributed by atoms with Crippen LogP contribution in [0.25, 0.3) is 17.0 Å². The second-order valence-electron chi connectivity index (χ2n) is 6.97. The van der Waals surface area contributed by atoms with Gasteiger partial charge in [-0.1, -0.05) is 18.2 Å². The summed E-state index contributed by atoms with van der Waals surface area (Å²) in [6.45, 7) is -0.824. The van der Waals surface area contributed by atoms with Crippen molar-refractivity contribution in [2.24, 2.45) is 0 Å². The Balaban J connectivity index is 1.65. The standard InChI is InChI=1S/C21H12F6N2O3/c22-20(23,24)13-5-11(6-14(8-13)21(25,26)27)10-29-18(30)17(32-19(29)31)7-12-9-28-16-4-2-1-3-15(12)16/h1-9,28H,10H2. The third-order valence-corrected chi connectivity index (χ3v) is 4.77. The number of halogens is 6. The maximum absolute atomic E-state index is 13.1. The van der Waals surface area contributed by atoms with Gasteiger partial charge < -0.3 is 9.72 Å². The van der Waals surface area contributed by atoms with Gasteiger partial charge >= 0.3 is 18.4 Å². The number of H-pyrrole nitrogens is 1. The largest absolute Gasteiger partial charge is 0.422 e. The van der Waals surface area contributed by atoms with Gasteiger partial charge in [-0.05, 0) is 35.9 Å². The number of rotatable bonds is 3. The molecule has 11 heteroatoms. The molecular formula is C21H12F6N2O3. The summed E-state index contributed by atoms with van der Waals surface area (Å²) in [4.78, 5) is 28.1. The molecule has 1 N–H and O–H groups in total. The van der Waals surface area contributed by atoms with E-state index in [2.05, 4.69) is 4.98 Å². The van der Waals surface area contributed by atoms with Crippen LogP contribution in [0, 0.1) is 0 Å². The zero-order valence-electron chi connectivity index (χ0n) is 15.8. The van der Waals surface area contributed by atoms with E-state index in [9.17, 15) is 35.9 Å². The average Bonchev–Trinajstić information content (AvgIpc) is 3.23. The predicted molar refractivity (Wildman–Crippen MR) is 99.8 cm³/mol. The van der Waals surface area contributed by atoms with Gasteiger partial charge in [0.2, 0.25) is 0 Å². The van der Waals surface area contributed by atoms with Gasteiger partial charge in [-0.2, -0.15) is 26.3 Å². The minimum atomic E-state index is -5.05. The number of carbonyl (C=O) groups is 2. The molecule has 1 aromatic heterocycles. The lowest BCUT2D eigenvalue weighted by molar-refractivity contribution is -0.143. The van der Waals surface area contributed by atoms with Gasteiger partial charge in [-0.3, -0.25) is 4.79 Å². The summed E-state index contributed by atoms with van der Waals surface area (Å²) >= 11 is 0. The number of imide groups is 1. The Morgan fingerprint density at radius 2 is 1.56 bits per heavy atom. The van der Waals surface area contributed by atoms with Gasteiger partial charge in [0.05, 0.1) is 17.7 Å². The highest BCUT2D eigenvalue weighted by Gasteiger charge is 2.40. The van der Waals surface area contributed by atoms with E-state index < -0.39 is 53.3 Å². The number of aromatic nitrogens is 1. The number of fused-ring (bicyclic) bond motifs is 1. The number of para-hydroxylation sites is 1. The van der Waals surface area contributed by atoms with Crippen LogP contribution in [0.5, 0.6) is 0 Å². The molecule has 0 radical (unpaired) electrons. The normalized spacial score (nSPS) is 16.3. The molecule has 1 aliphatic heterocycles. The van der Waals surface area contributed by atoms with Crippen LogP contribution in [-0.2, 0) is 28.4 Å². The number of carbonyl (C=O) groups excluding carboxylic acids is 2. The zero-order valence-corrected chi connectivity index (χ0v) is 15.8. The van der Waals surface area contributed by atoms with Crippen LogP contribution in [-0.4, -0.2) is 21.9 Å². The molecule has 1 saturated heterocycles. The lowest BCUT2D eigenvalue weighted by atomic mass is 10.0. The number of nitrogens with one attached hydrogen (secondary N) is 1. The van der Waals surface area contributed by atoms with Crippen LogP contribution in [0.4, 0.5) is 31.1 Å². The molecule has 0 saturated carbocycles. The molecule has 0 unspecified atom stereocenters. The number of hydrogen-bond acceptors (Lipinski definition) is 3. The second-order valence-corrected chi connectivity index (χ2v) is 6.97. The van der Waals surface area contributed by atoms with Crippen LogP contribution in [0.2, 0.25) is 0 Å². The summed E-state index contributed by atoms with van der Waals surface area (Å²) in [5.41, 5.74) is -2.35. The molecule has 32 heavy (non-hydrogen) atoms. The number of aromatic amines is 1. The van der Waals surface area contributed by atoms with Gasteiger partial charge in [0.15, 0.2) is 5.76 Å². The highest BCUT2D eigenvalue weighted by atomic mass is 19.4. The Labute approximate surface area is 175 Å². The maximum Gasteiger partial charge on any atom is 0.422 e. The molecule has 0 spiro atoms. The first-order chi connectivity index (χ1) is 14.9. The second kappa shape index (κ2) is 7.43. The fourth-order valence-electron chi connectivity index (χ4n) is 3.28. The van der Waals surface area contributed by atoms with Crippen LogP contribution in [0.1, 0.15) is 22.3 Å². The van der Waals surface area contributed by atoms with Crippen molar-refractivity contribution < 1.29 is 40.7 Å². The van der Waals surface area contributed by atoms with E-state index in [1.807, 2.05) is 0 Å². The monoisotopic (exact) mass is 454 g/mol. The van der Waals surface area contributed by atoms with E-state index in [0.29, 0.717) is 22.6 Å². The number of cyclic esters (lactones) is 1. The smallest absolute Gasteiger partial charge is 0.404 e. The van der Waals surface area contributed by atoms with E-state index >= 15 is 0 Å². The van der Waals surface area contributed by atoms with Crippen LogP contribution < -0.4 is 0 Å². The van der Waals surface area contributed by atoms with Crippen molar-refractivity contribution >= 4 is 29.0 Å². The van der Waals surface area contributed by atoms with Crippen LogP contribution in [0.15, 0.2) is 54.4 Å². The summed E-state index contributed by atoms with van der Waals surface area (Å²) in [7, 11) is 0. The zero-order chi connectivity index (χ0) is 23.3. The Hall–Kier alpha value is -3.76. The molecule has 0 bridgehead atoms. The molecule has 3 aromatic rings. The van der Waals surface area contributed by atoms with Crippen molar-refractivity contribution in [3.63, 3.8) is 0 Å². The number of alkyl halides is 6. The van der Waals surface area contributed by atoms with Gasteiger partial charge in [-0.25, -0.2) is 9.69 Å². The lowest BCUT2D eigenvalue weighted by Gasteiger charge is -2.16. The van der Waals surface area contributed by atoms with Crippen molar-refractivity contribution in [2.75, 3.05) is 0 Å². The summed E-state index contributed by atoms with van der Waals surface area (Å²) in [6, 6.07) is 7.93. The lowest BCUT2D eigenvalue weighted by Crippen LogP contribution is -2.28. The van der Waals surface area contributed by atoms with Crippen molar-refractivity contribution in [3.8, 4) is 0 Å². The highest BCUT2D eigenvalue weighted by Crippen LogP contribution is 2.37. The molecule has 2 heterocycles. The van der Waals surface area contributed by atoms with E-state index in [4.69, 9.17) is 4.74 Å². The molecular weight excluding hydrogens is 442 g/mol. The molecule has 0 atom stereocenters. The Morgan fingerprint density at radius 3 is 2.19 bits per heavy atom. The average molecular weight is 454 g/mol. The van der Waals surface area contributed by atoms with E-state index in [1.165, 1.54) is 6.08 Å². The third kappa shape index (κ3) is 4.05. The SMILES string of the molecule is O=C1OC(=Cc2c[nH]c3ccccc23)C(=O)N1Cc1cc(C(F)(F)F)cc(C(F)(F)F)c1. The molecule has 5 nitrogen and oxygen atoms in total. The Bertz CT molecular complexity index is 1220. The third-order valence-electron chi connectivity index (χ3n) is 4.77. The fourth-order valence-corrected chi connectivity index (χ4v) is 3.28. The fraction of sp³-hybridized carbons (Fsp3) is 0.143. The van der Waals surface area contributed by atoms with Crippen molar-refractivity contribution in [3.05, 3.63) is 76.7 Å².